The van der Waals surface area contributed by atoms with Gasteiger partial charge < -0.3 is 31.1 Å². The van der Waals surface area contributed by atoms with Gasteiger partial charge in [0.1, 0.15) is 10.9 Å². The summed E-state index contributed by atoms with van der Waals surface area (Å²) in [6, 6.07) is 15.6. The van der Waals surface area contributed by atoms with Crippen molar-refractivity contribution in [3.8, 4) is 0 Å². The molecule has 0 saturated heterocycles. The smallest absolute Gasteiger partial charge is 0.410 e. The Hall–Kier alpha value is -5.18. The van der Waals surface area contributed by atoms with E-state index < -0.39 is 41.5 Å². The molecule has 14 nitrogen and oxygen atoms in total. The molecule has 51 heavy (non-hydrogen) atoms. The van der Waals surface area contributed by atoms with Crippen LogP contribution >= 0.6 is 11.3 Å². The Labute approximate surface area is 302 Å². The summed E-state index contributed by atoms with van der Waals surface area (Å²) in [4.78, 5) is 71.8. The van der Waals surface area contributed by atoms with Crippen LogP contribution in [0.2, 0.25) is 0 Å². The Morgan fingerprint density at radius 1 is 0.804 bits per heavy atom. The molecule has 0 spiro atoms. The van der Waals surface area contributed by atoms with E-state index >= 15 is 0 Å². The predicted molar refractivity (Wildman–Crippen MR) is 197 cm³/mol. The summed E-state index contributed by atoms with van der Waals surface area (Å²) in [5.74, 6) is -1.09. The number of thiazole rings is 1. The minimum atomic E-state index is -1.29. The zero-order valence-corrected chi connectivity index (χ0v) is 31.4. The third kappa shape index (κ3) is 11.2. The second-order valence-electron chi connectivity index (χ2n) is 14.3. The van der Waals surface area contributed by atoms with Gasteiger partial charge >= 0.3 is 12.2 Å². The number of carbonyl (C=O) groups excluding carboxylic acids is 3. The lowest BCUT2D eigenvalue weighted by Gasteiger charge is -2.48. The minimum absolute atomic E-state index is 0.260. The number of rotatable bonds is 13. The monoisotopic (exact) mass is 723 g/mol. The van der Waals surface area contributed by atoms with Crippen molar-refractivity contribution < 1.29 is 34.2 Å². The second kappa shape index (κ2) is 16.7. The molecule has 0 aliphatic carbocycles. The van der Waals surface area contributed by atoms with Crippen LogP contribution in [0.3, 0.4) is 0 Å². The highest BCUT2D eigenvalue weighted by molar-refractivity contribution is 7.17. The molecule has 0 aliphatic rings. The molecule has 0 aliphatic heterocycles. The maximum Gasteiger partial charge on any atom is 0.410 e. The van der Waals surface area contributed by atoms with Crippen molar-refractivity contribution in [2.75, 3.05) is 24.7 Å². The Bertz CT molecular complexity index is 1670. The van der Waals surface area contributed by atoms with Crippen LogP contribution in [0.5, 0.6) is 0 Å². The Morgan fingerprint density at radius 3 is 1.82 bits per heavy atom. The lowest BCUT2D eigenvalue weighted by atomic mass is 10.0. The molecule has 0 saturated carbocycles. The number of carbonyl (C=O) groups is 5. The zero-order chi connectivity index (χ0) is 38.3. The van der Waals surface area contributed by atoms with Crippen molar-refractivity contribution in [1.29, 1.82) is 0 Å². The van der Waals surface area contributed by atoms with Gasteiger partial charge in [-0.2, -0.15) is 0 Å². The van der Waals surface area contributed by atoms with E-state index in [1.807, 2.05) is 42.5 Å². The molecular weight excluding hydrogens is 675 g/mol. The number of carboxylic acid groups (broad SMARTS) is 2. The number of nitrogens with one attached hydrogen (secondary N) is 3. The molecule has 2 aromatic carbocycles. The summed E-state index contributed by atoms with van der Waals surface area (Å²) >= 11 is 1.03. The Morgan fingerprint density at radius 2 is 1.35 bits per heavy atom. The standard InChI is InChI=1S/C36H49N7O7S/c1-22(44)37-31-40-26(28(51-31)29(45)39-27(30(46)41(8)9)21-24-13-11-10-12-14-24)20-17-23-15-18-25(19-16-23)38-32(42(33(47)48)35(2,3)4)43(34(49)50)36(5,6)7/h10-16,18-19,27,32,38H,17,20-21H2,1-9H3,(H,39,45)(H,47,48)(H,49,50)(H,37,40,44)/t27-/m0/s1. The average Bonchev–Trinajstić information content (AvgIpc) is 3.40. The quantitative estimate of drug-likeness (QED) is 0.141. The molecule has 3 rings (SSSR count). The third-order valence-corrected chi connectivity index (χ3v) is 8.77. The molecule has 0 unspecified atom stereocenters. The van der Waals surface area contributed by atoms with Gasteiger partial charge in [0, 0.05) is 44.2 Å². The molecule has 3 aromatic rings. The first-order valence-corrected chi connectivity index (χ1v) is 17.2. The summed E-state index contributed by atoms with van der Waals surface area (Å²) in [6.07, 6.45) is -2.76. The first-order valence-electron chi connectivity index (χ1n) is 16.4. The number of benzene rings is 2. The summed E-state index contributed by atoms with van der Waals surface area (Å²) in [7, 11) is 3.25. The summed E-state index contributed by atoms with van der Waals surface area (Å²) in [5.41, 5.74) is 0.789. The number of anilines is 2. The van der Waals surface area contributed by atoms with E-state index in [9.17, 15) is 34.2 Å². The van der Waals surface area contributed by atoms with Crippen molar-refractivity contribution in [1.82, 2.24) is 25.0 Å². The number of nitrogens with zero attached hydrogens (tertiary/aromatic N) is 4. The first kappa shape index (κ1) is 40.3. The SMILES string of the molecule is CC(=O)Nc1nc(CCc2ccc(NC(N(C(=O)O)C(C)(C)C)N(C(=O)O)C(C)(C)C)cc2)c(C(=O)N[C@@H](Cc2ccccc2)C(=O)N(C)C)s1. The van der Waals surface area contributed by atoms with Gasteiger partial charge in [-0.1, -0.05) is 53.8 Å². The molecule has 0 fully saturated rings. The molecule has 5 amide bonds. The highest BCUT2D eigenvalue weighted by Gasteiger charge is 2.43. The summed E-state index contributed by atoms with van der Waals surface area (Å²) in [5, 5.41) is 29.2. The van der Waals surface area contributed by atoms with Crippen LogP contribution in [0.15, 0.2) is 54.6 Å². The number of hydrogen-bond acceptors (Lipinski definition) is 8. The van der Waals surface area contributed by atoms with Gasteiger partial charge in [0.05, 0.1) is 5.69 Å². The lowest BCUT2D eigenvalue weighted by Crippen LogP contribution is -2.66. The molecule has 15 heteroatoms. The number of amides is 5. The van der Waals surface area contributed by atoms with Crippen LogP contribution < -0.4 is 16.0 Å². The molecular formula is C36H49N7O7S. The van der Waals surface area contributed by atoms with Gasteiger partial charge in [-0.15, -0.1) is 0 Å². The number of likely N-dealkylation sites (N-methyl/N-ethyl adjacent to an activating group) is 1. The minimum Gasteiger partial charge on any atom is -0.465 e. The topological polar surface area (TPSA) is 185 Å². The van der Waals surface area contributed by atoms with E-state index in [0.717, 1.165) is 32.3 Å². The molecule has 1 heterocycles. The number of aryl methyl sites for hydroxylation is 2. The van der Waals surface area contributed by atoms with E-state index in [0.29, 0.717) is 24.2 Å². The van der Waals surface area contributed by atoms with Crippen LogP contribution in [0.1, 0.15) is 75.0 Å². The molecule has 0 bridgehead atoms. The molecule has 5 N–H and O–H groups in total. The van der Waals surface area contributed by atoms with E-state index in [4.69, 9.17) is 0 Å². The zero-order valence-electron chi connectivity index (χ0n) is 30.6. The molecule has 1 atom stereocenters. The number of hydrogen-bond donors (Lipinski definition) is 5. The molecule has 276 valence electrons. The first-order chi connectivity index (χ1) is 23.7. The van der Waals surface area contributed by atoms with Crippen LogP contribution in [0, 0.1) is 0 Å². The number of aromatic nitrogens is 1. The van der Waals surface area contributed by atoms with Gasteiger partial charge in [-0.3, -0.25) is 24.2 Å². The molecule has 0 radical (unpaired) electrons. The fourth-order valence-electron chi connectivity index (χ4n) is 5.43. The second-order valence-corrected chi connectivity index (χ2v) is 15.3. The van der Waals surface area contributed by atoms with Crippen molar-refractivity contribution >= 4 is 52.1 Å². The van der Waals surface area contributed by atoms with Crippen molar-refractivity contribution in [2.45, 2.75) is 91.1 Å². The van der Waals surface area contributed by atoms with Crippen LogP contribution in [0.4, 0.5) is 20.4 Å². The largest absolute Gasteiger partial charge is 0.465 e. The van der Waals surface area contributed by atoms with Crippen LogP contribution in [-0.4, -0.2) is 97.3 Å². The fourth-order valence-corrected chi connectivity index (χ4v) is 6.39. The van der Waals surface area contributed by atoms with Crippen molar-refractivity contribution in [3.63, 3.8) is 0 Å². The van der Waals surface area contributed by atoms with E-state index in [2.05, 4.69) is 20.9 Å². The Balaban J connectivity index is 1.87. The maximum absolute atomic E-state index is 13.7. The van der Waals surface area contributed by atoms with Gasteiger partial charge in [0.2, 0.25) is 11.8 Å². The fraction of sp³-hybridized carbons (Fsp3) is 0.444. The lowest BCUT2D eigenvalue weighted by molar-refractivity contribution is -0.130. The van der Waals surface area contributed by atoms with Gasteiger partial charge in [-0.05, 0) is 77.6 Å². The average molecular weight is 724 g/mol. The van der Waals surface area contributed by atoms with E-state index in [1.54, 1.807) is 67.8 Å². The van der Waals surface area contributed by atoms with Crippen LogP contribution in [0.25, 0.3) is 0 Å². The normalized spacial score (nSPS) is 12.1. The van der Waals surface area contributed by atoms with Crippen molar-refractivity contribution in [2.24, 2.45) is 0 Å². The van der Waals surface area contributed by atoms with E-state index in [-0.39, 0.29) is 28.2 Å². The maximum atomic E-state index is 13.7. The van der Waals surface area contributed by atoms with Gasteiger partial charge in [0.25, 0.3) is 5.91 Å². The predicted octanol–water partition coefficient (Wildman–Crippen LogP) is 5.57. The van der Waals surface area contributed by atoms with Crippen LogP contribution in [-0.2, 0) is 28.9 Å². The van der Waals surface area contributed by atoms with Crippen molar-refractivity contribution in [3.05, 3.63) is 76.3 Å². The molecule has 1 aromatic heterocycles. The summed E-state index contributed by atoms with van der Waals surface area (Å²) in [6.45, 7) is 11.5. The third-order valence-electron chi connectivity index (χ3n) is 7.76. The Kier molecular flexibility index (Phi) is 13.2. The van der Waals surface area contributed by atoms with Gasteiger partial charge in [0.15, 0.2) is 11.4 Å². The summed E-state index contributed by atoms with van der Waals surface area (Å²) < 4.78 is 0. The highest BCUT2D eigenvalue weighted by Crippen LogP contribution is 2.28. The van der Waals surface area contributed by atoms with Gasteiger partial charge in [-0.25, -0.2) is 14.6 Å². The highest BCUT2D eigenvalue weighted by atomic mass is 32.1. The van der Waals surface area contributed by atoms with E-state index in [1.165, 1.54) is 11.8 Å².